The van der Waals surface area contributed by atoms with Gasteiger partial charge in [-0.05, 0) is 26.9 Å². The number of carbonyl (C=O) groups is 4. The van der Waals surface area contributed by atoms with Crippen molar-refractivity contribution in [3.63, 3.8) is 0 Å². The highest BCUT2D eigenvalue weighted by Crippen LogP contribution is 2.36. The van der Waals surface area contributed by atoms with Gasteiger partial charge in [0.2, 0.25) is 0 Å². The summed E-state index contributed by atoms with van der Waals surface area (Å²) in [4.78, 5) is 46.5. The molecule has 0 saturated heterocycles. The Morgan fingerprint density at radius 2 is 1.04 bits per heavy atom. The van der Waals surface area contributed by atoms with E-state index in [2.05, 4.69) is 0 Å². The Morgan fingerprint density at radius 3 is 1.73 bits per heavy atom. The molecular weight excluding hydrogens is 328 g/mol. The highest BCUT2D eigenvalue weighted by Gasteiger charge is 2.20. The van der Waals surface area contributed by atoms with Crippen LogP contribution in [0.25, 0.3) is 32.3 Å². The summed E-state index contributed by atoms with van der Waals surface area (Å²) in [5.41, 5.74) is 0.149. The molecule has 0 heterocycles. The number of carbonyl (C=O) groups excluding carboxylic acids is 4. The molecule has 4 heteroatoms. The van der Waals surface area contributed by atoms with Crippen LogP contribution in [0.3, 0.4) is 0 Å². The zero-order valence-corrected chi connectivity index (χ0v) is 13.6. The van der Waals surface area contributed by atoms with Crippen LogP contribution in [0.15, 0.2) is 48.5 Å². The fourth-order valence-corrected chi connectivity index (χ4v) is 3.68. The number of rotatable bonds is 4. The second-order valence-electron chi connectivity index (χ2n) is 6.00. The van der Waals surface area contributed by atoms with Crippen LogP contribution in [0.4, 0.5) is 0 Å². The first-order valence-corrected chi connectivity index (χ1v) is 8.00. The molecule has 0 N–H and O–H groups in total. The summed E-state index contributed by atoms with van der Waals surface area (Å²) in [6.45, 7) is 0. The average molecular weight is 340 g/mol. The van der Waals surface area contributed by atoms with Crippen LogP contribution in [0.2, 0.25) is 0 Å². The molecule has 0 atom stereocenters. The fourth-order valence-electron chi connectivity index (χ4n) is 3.68. The standard InChI is InChI=1S/C22H12O4/c23-9-18-17-8-7-15-14-4-2-1-3-13(14)5-6-16(15)22(17)21(12-26)20(11-25)19(18)10-24/h1-12H. The Labute approximate surface area is 148 Å². The van der Waals surface area contributed by atoms with E-state index in [4.69, 9.17) is 0 Å². The van der Waals surface area contributed by atoms with Gasteiger partial charge in [-0.25, -0.2) is 0 Å². The van der Waals surface area contributed by atoms with Crippen LogP contribution in [0.5, 0.6) is 0 Å². The molecule has 0 amide bonds. The third kappa shape index (κ3) is 2.02. The minimum atomic E-state index is -0.0512. The molecule has 4 rings (SSSR count). The molecule has 0 saturated carbocycles. The van der Waals surface area contributed by atoms with Crippen LogP contribution in [-0.4, -0.2) is 25.1 Å². The maximum Gasteiger partial charge on any atom is 0.151 e. The Morgan fingerprint density at radius 1 is 0.462 bits per heavy atom. The van der Waals surface area contributed by atoms with Crippen LogP contribution < -0.4 is 0 Å². The highest BCUT2D eigenvalue weighted by molar-refractivity contribution is 6.26. The Balaban J connectivity index is 2.36. The predicted octanol–water partition coefficient (Wildman–Crippen LogP) is 4.40. The quantitative estimate of drug-likeness (QED) is 0.408. The molecule has 26 heavy (non-hydrogen) atoms. The van der Waals surface area contributed by atoms with Gasteiger partial charge in [0, 0.05) is 27.6 Å². The van der Waals surface area contributed by atoms with Crippen LogP contribution in [-0.2, 0) is 0 Å². The van der Waals surface area contributed by atoms with E-state index < -0.39 is 0 Å². The first kappa shape index (κ1) is 15.8. The van der Waals surface area contributed by atoms with E-state index in [0.717, 1.165) is 21.5 Å². The van der Waals surface area contributed by atoms with E-state index in [1.54, 1.807) is 6.07 Å². The molecule has 0 fully saturated rings. The smallest absolute Gasteiger partial charge is 0.151 e. The zero-order valence-electron chi connectivity index (χ0n) is 13.6. The molecule has 4 aromatic rings. The molecule has 0 radical (unpaired) electrons. The molecule has 0 aliphatic heterocycles. The molecule has 0 aliphatic carbocycles. The highest BCUT2D eigenvalue weighted by atomic mass is 16.1. The van der Waals surface area contributed by atoms with Crippen molar-refractivity contribution in [1.29, 1.82) is 0 Å². The Bertz CT molecular complexity index is 1250. The van der Waals surface area contributed by atoms with Crippen molar-refractivity contribution in [2.45, 2.75) is 0 Å². The lowest BCUT2D eigenvalue weighted by Crippen LogP contribution is -2.05. The summed E-state index contributed by atoms with van der Waals surface area (Å²) >= 11 is 0. The van der Waals surface area contributed by atoms with E-state index in [1.807, 2.05) is 42.5 Å². The van der Waals surface area contributed by atoms with Gasteiger partial charge in [0.15, 0.2) is 25.1 Å². The summed E-state index contributed by atoms with van der Waals surface area (Å²) in [6.07, 6.45) is 2.03. The van der Waals surface area contributed by atoms with Gasteiger partial charge in [0.05, 0.1) is 0 Å². The fraction of sp³-hybridized carbons (Fsp3) is 0. The second kappa shape index (κ2) is 6.01. The van der Waals surface area contributed by atoms with Crippen molar-refractivity contribution in [3.8, 4) is 0 Å². The maximum atomic E-state index is 11.8. The number of benzene rings is 4. The SMILES string of the molecule is O=Cc1c(C=O)c(C=O)c2c(ccc3c4ccccc4ccc32)c1C=O. The van der Waals surface area contributed by atoms with Gasteiger partial charge in [-0.3, -0.25) is 19.2 Å². The Kier molecular flexibility index (Phi) is 3.66. The van der Waals surface area contributed by atoms with Gasteiger partial charge in [-0.15, -0.1) is 0 Å². The molecule has 0 aromatic heterocycles. The second-order valence-corrected chi connectivity index (χ2v) is 6.00. The number of hydrogen-bond donors (Lipinski definition) is 0. The molecule has 0 unspecified atom stereocenters. The van der Waals surface area contributed by atoms with Crippen LogP contribution >= 0.6 is 0 Å². The number of aldehydes is 4. The van der Waals surface area contributed by atoms with Crippen molar-refractivity contribution >= 4 is 57.5 Å². The topological polar surface area (TPSA) is 68.3 Å². The van der Waals surface area contributed by atoms with E-state index in [9.17, 15) is 19.2 Å². The lowest BCUT2D eigenvalue weighted by Gasteiger charge is -2.14. The average Bonchev–Trinajstić information content (AvgIpc) is 2.70. The monoisotopic (exact) mass is 340 g/mol. The first-order chi connectivity index (χ1) is 12.7. The Hall–Kier alpha value is -3.66. The first-order valence-electron chi connectivity index (χ1n) is 8.00. The summed E-state index contributed by atoms with van der Waals surface area (Å²) < 4.78 is 0. The van der Waals surface area contributed by atoms with E-state index in [1.165, 1.54) is 0 Å². The van der Waals surface area contributed by atoms with E-state index >= 15 is 0 Å². The molecule has 0 spiro atoms. The van der Waals surface area contributed by atoms with E-state index in [0.29, 0.717) is 35.9 Å². The molecule has 124 valence electrons. The van der Waals surface area contributed by atoms with Gasteiger partial charge < -0.3 is 0 Å². The van der Waals surface area contributed by atoms with Gasteiger partial charge in [0.1, 0.15) is 0 Å². The third-order valence-electron chi connectivity index (χ3n) is 4.83. The van der Waals surface area contributed by atoms with Gasteiger partial charge in [0.25, 0.3) is 0 Å². The minimum Gasteiger partial charge on any atom is -0.298 e. The summed E-state index contributed by atoms with van der Waals surface area (Å²) in [7, 11) is 0. The summed E-state index contributed by atoms with van der Waals surface area (Å²) in [5, 5.41) is 4.71. The number of hydrogen-bond acceptors (Lipinski definition) is 4. The zero-order chi connectivity index (χ0) is 18.3. The normalized spacial score (nSPS) is 10.9. The van der Waals surface area contributed by atoms with Crippen LogP contribution in [0, 0.1) is 0 Å². The van der Waals surface area contributed by atoms with Crippen molar-refractivity contribution in [2.24, 2.45) is 0 Å². The van der Waals surface area contributed by atoms with Crippen molar-refractivity contribution < 1.29 is 19.2 Å². The van der Waals surface area contributed by atoms with Gasteiger partial charge in [-0.1, -0.05) is 48.5 Å². The molecule has 0 bridgehead atoms. The third-order valence-corrected chi connectivity index (χ3v) is 4.83. The van der Waals surface area contributed by atoms with Crippen molar-refractivity contribution in [1.82, 2.24) is 0 Å². The molecule has 4 nitrogen and oxygen atoms in total. The lowest BCUT2D eigenvalue weighted by molar-refractivity contribution is 0.107. The van der Waals surface area contributed by atoms with Gasteiger partial charge >= 0.3 is 0 Å². The van der Waals surface area contributed by atoms with Crippen molar-refractivity contribution in [2.75, 3.05) is 0 Å². The summed E-state index contributed by atoms with van der Waals surface area (Å²) in [6, 6.07) is 15.2. The predicted molar refractivity (Wildman–Crippen MR) is 101 cm³/mol. The lowest BCUT2D eigenvalue weighted by atomic mass is 9.87. The van der Waals surface area contributed by atoms with Gasteiger partial charge in [-0.2, -0.15) is 0 Å². The summed E-state index contributed by atoms with van der Waals surface area (Å²) in [5.74, 6) is 0. The molecular formula is C22H12O4. The molecule has 0 aliphatic rings. The number of fused-ring (bicyclic) bond motifs is 5. The minimum absolute atomic E-state index is 0.0507. The largest absolute Gasteiger partial charge is 0.298 e. The molecule has 4 aromatic carbocycles. The van der Waals surface area contributed by atoms with Crippen LogP contribution in [0.1, 0.15) is 41.4 Å². The van der Waals surface area contributed by atoms with E-state index in [-0.39, 0.29) is 22.3 Å². The maximum absolute atomic E-state index is 11.8. The van der Waals surface area contributed by atoms with Crippen molar-refractivity contribution in [3.05, 3.63) is 70.8 Å².